The third-order valence-electron chi connectivity index (χ3n) is 2.92. The van der Waals surface area contributed by atoms with Gasteiger partial charge in [-0.1, -0.05) is 18.2 Å². The highest BCUT2D eigenvalue weighted by Crippen LogP contribution is 2.26. The van der Waals surface area contributed by atoms with Crippen molar-refractivity contribution in [1.29, 1.82) is 0 Å². The van der Waals surface area contributed by atoms with Crippen molar-refractivity contribution in [3.8, 4) is 17.2 Å². The molecule has 0 fully saturated rings. The molecule has 0 saturated heterocycles. The summed E-state index contributed by atoms with van der Waals surface area (Å²) in [5, 5.41) is 0. The molecule has 0 radical (unpaired) electrons. The Labute approximate surface area is 125 Å². The highest BCUT2D eigenvalue weighted by Gasteiger charge is 2.04. The molecule has 0 atom stereocenters. The molecule has 2 N–H and O–H groups in total. The first-order chi connectivity index (χ1) is 10.2. The predicted octanol–water partition coefficient (Wildman–Crippen LogP) is 3.43. The van der Waals surface area contributed by atoms with Gasteiger partial charge in [0.25, 0.3) is 0 Å². The Morgan fingerprint density at radius 1 is 0.857 bits per heavy atom. The van der Waals surface area contributed by atoms with Crippen LogP contribution in [0.15, 0.2) is 42.5 Å². The topological polar surface area (TPSA) is 53.7 Å². The minimum absolute atomic E-state index is 0.425. The number of para-hydroxylation sites is 2. The Morgan fingerprint density at radius 2 is 1.48 bits per heavy atom. The molecule has 4 nitrogen and oxygen atoms in total. The molecule has 21 heavy (non-hydrogen) atoms. The lowest BCUT2D eigenvalue weighted by molar-refractivity contribution is 0.209. The van der Waals surface area contributed by atoms with Crippen LogP contribution >= 0.6 is 0 Å². The Bertz CT molecular complexity index is 584. The van der Waals surface area contributed by atoms with E-state index >= 15 is 0 Å². The largest absolute Gasteiger partial charge is 0.490 e. The van der Waals surface area contributed by atoms with Crippen molar-refractivity contribution in [2.24, 2.45) is 0 Å². The molecule has 2 aromatic rings. The minimum atomic E-state index is 0.425. The van der Waals surface area contributed by atoms with Gasteiger partial charge in [0.1, 0.15) is 19.0 Å². The fourth-order valence-corrected chi connectivity index (χ4v) is 1.91. The van der Waals surface area contributed by atoms with Crippen molar-refractivity contribution < 1.29 is 14.2 Å². The number of anilines is 1. The van der Waals surface area contributed by atoms with Crippen molar-refractivity contribution in [2.45, 2.75) is 13.8 Å². The molecule has 0 aliphatic rings. The summed E-state index contributed by atoms with van der Waals surface area (Å²) in [5.74, 6) is 2.16. The van der Waals surface area contributed by atoms with Gasteiger partial charge in [-0.2, -0.15) is 0 Å². The summed E-state index contributed by atoms with van der Waals surface area (Å²) in [7, 11) is 0. The van der Waals surface area contributed by atoms with E-state index in [0.29, 0.717) is 31.3 Å². The predicted molar refractivity (Wildman–Crippen MR) is 84.2 cm³/mol. The first-order valence-corrected chi connectivity index (χ1v) is 7.04. The maximum atomic E-state index is 5.86. The van der Waals surface area contributed by atoms with Crippen molar-refractivity contribution in [2.75, 3.05) is 25.6 Å². The molecule has 0 aromatic heterocycles. The van der Waals surface area contributed by atoms with E-state index in [1.807, 2.05) is 56.3 Å². The van der Waals surface area contributed by atoms with Gasteiger partial charge in [-0.15, -0.1) is 0 Å². The third-order valence-corrected chi connectivity index (χ3v) is 2.92. The highest BCUT2D eigenvalue weighted by molar-refractivity contribution is 5.53. The SMILES string of the molecule is CCOc1ccccc1OCCOc1cc(C)ccc1N. The average molecular weight is 287 g/mol. The van der Waals surface area contributed by atoms with Gasteiger partial charge in [0.05, 0.1) is 12.3 Å². The fourth-order valence-electron chi connectivity index (χ4n) is 1.91. The molecule has 2 rings (SSSR count). The number of hydrogen-bond acceptors (Lipinski definition) is 4. The summed E-state index contributed by atoms with van der Waals surface area (Å²) in [6, 6.07) is 13.3. The zero-order valence-electron chi connectivity index (χ0n) is 12.5. The Morgan fingerprint density at radius 3 is 2.14 bits per heavy atom. The summed E-state index contributed by atoms with van der Waals surface area (Å²) < 4.78 is 16.8. The van der Waals surface area contributed by atoms with E-state index in [0.717, 1.165) is 17.1 Å². The monoisotopic (exact) mass is 287 g/mol. The van der Waals surface area contributed by atoms with Crippen LogP contribution in [0.5, 0.6) is 17.2 Å². The molecule has 0 unspecified atom stereocenters. The van der Waals surface area contributed by atoms with Crippen LogP contribution in [-0.4, -0.2) is 19.8 Å². The molecule has 0 spiro atoms. The lowest BCUT2D eigenvalue weighted by atomic mass is 10.2. The summed E-state index contributed by atoms with van der Waals surface area (Å²) in [6.07, 6.45) is 0. The van der Waals surface area contributed by atoms with Gasteiger partial charge < -0.3 is 19.9 Å². The molecule has 0 aliphatic carbocycles. The van der Waals surface area contributed by atoms with Crippen LogP contribution in [0.2, 0.25) is 0 Å². The van der Waals surface area contributed by atoms with Gasteiger partial charge in [0.2, 0.25) is 0 Å². The second-order valence-corrected chi connectivity index (χ2v) is 4.62. The molecular formula is C17H21NO3. The first-order valence-electron chi connectivity index (χ1n) is 7.04. The Hall–Kier alpha value is -2.36. The molecule has 4 heteroatoms. The number of benzene rings is 2. The Balaban J connectivity index is 1.86. The van der Waals surface area contributed by atoms with Gasteiger partial charge >= 0.3 is 0 Å². The highest BCUT2D eigenvalue weighted by atomic mass is 16.5. The van der Waals surface area contributed by atoms with E-state index in [4.69, 9.17) is 19.9 Å². The van der Waals surface area contributed by atoms with Crippen molar-refractivity contribution in [3.63, 3.8) is 0 Å². The lowest BCUT2D eigenvalue weighted by Crippen LogP contribution is -2.10. The number of aryl methyl sites for hydroxylation is 1. The fraction of sp³-hybridized carbons (Fsp3) is 0.294. The maximum absolute atomic E-state index is 5.86. The maximum Gasteiger partial charge on any atom is 0.161 e. The Kier molecular flexibility index (Phi) is 5.32. The van der Waals surface area contributed by atoms with Crippen LogP contribution < -0.4 is 19.9 Å². The van der Waals surface area contributed by atoms with Crippen molar-refractivity contribution >= 4 is 5.69 Å². The van der Waals surface area contributed by atoms with E-state index in [1.54, 1.807) is 0 Å². The summed E-state index contributed by atoms with van der Waals surface area (Å²) >= 11 is 0. The summed E-state index contributed by atoms with van der Waals surface area (Å²) in [6.45, 7) is 5.41. The quantitative estimate of drug-likeness (QED) is 0.626. The van der Waals surface area contributed by atoms with Crippen molar-refractivity contribution in [1.82, 2.24) is 0 Å². The van der Waals surface area contributed by atoms with Crippen molar-refractivity contribution in [3.05, 3.63) is 48.0 Å². The lowest BCUT2D eigenvalue weighted by Gasteiger charge is -2.13. The number of nitrogen functional groups attached to an aromatic ring is 1. The van der Waals surface area contributed by atoms with Gasteiger partial charge in [0.15, 0.2) is 11.5 Å². The normalized spacial score (nSPS) is 10.2. The van der Waals surface area contributed by atoms with E-state index < -0.39 is 0 Å². The molecule has 2 aromatic carbocycles. The number of nitrogens with two attached hydrogens (primary N) is 1. The van der Waals surface area contributed by atoms with Crippen LogP contribution in [-0.2, 0) is 0 Å². The van der Waals surface area contributed by atoms with Gasteiger partial charge in [-0.25, -0.2) is 0 Å². The van der Waals surface area contributed by atoms with Crippen LogP contribution in [0.1, 0.15) is 12.5 Å². The van der Waals surface area contributed by atoms with Crippen LogP contribution in [0.3, 0.4) is 0 Å². The van der Waals surface area contributed by atoms with Crippen LogP contribution in [0.25, 0.3) is 0 Å². The van der Waals surface area contributed by atoms with Gasteiger partial charge in [-0.3, -0.25) is 0 Å². The van der Waals surface area contributed by atoms with E-state index in [9.17, 15) is 0 Å². The second kappa shape index (κ2) is 7.43. The standard InChI is InChI=1S/C17H21NO3/c1-3-19-15-6-4-5-7-16(15)20-10-11-21-17-12-13(2)8-9-14(17)18/h4-9,12H,3,10-11,18H2,1-2H3. The second-order valence-electron chi connectivity index (χ2n) is 4.62. The molecule has 112 valence electrons. The van der Waals surface area contributed by atoms with Crippen LogP contribution in [0, 0.1) is 6.92 Å². The number of ether oxygens (including phenoxy) is 3. The van der Waals surface area contributed by atoms with Gasteiger partial charge in [0, 0.05) is 0 Å². The van der Waals surface area contributed by atoms with Crippen LogP contribution in [0.4, 0.5) is 5.69 Å². The first kappa shape index (κ1) is 15.0. The molecule has 0 heterocycles. The molecule has 0 amide bonds. The minimum Gasteiger partial charge on any atom is -0.490 e. The summed E-state index contributed by atoms with van der Waals surface area (Å²) in [4.78, 5) is 0. The average Bonchev–Trinajstić information content (AvgIpc) is 2.49. The van der Waals surface area contributed by atoms with E-state index in [1.165, 1.54) is 0 Å². The molecular weight excluding hydrogens is 266 g/mol. The third kappa shape index (κ3) is 4.31. The summed E-state index contributed by atoms with van der Waals surface area (Å²) in [5.41, 5.74) is 7.61. The molecule has 0 bridgehead atoms. The smallest absolute Gasteiger partial charge is 0.161 e. The number of hydrogen-bond donors (Lipinski definition) is 1. The zero-order valence-corrected chi connectivity index (χ0v) is 12.5. The van der Waals surface area contributed by atoms with Gasteiger partial charge in [-0.05, 0) is 43.7 Å². The molecule has 0 saturated carbocycles. The number of rotatable bonds is 7. The van der Waals surface area contributed by atoms with E-state index in [-0.39, 0.29) is 0 Å². The molecule has 0 aliphatic heterocycles. The zero-order chi connectivity index (χ0) is 15.1. The van der Waals surface area contributed by atoms with E-state index in [2.05, 4.69) is 0 Å².